The Kier molecular flexibility index (Phi) is 6.15. The van der Waals surface area contributed by atoms with Gasteiger partial charge in [0.1, 0.15) is 11.6 Å². The molecule has 0 aliphatic heterocycles. The fourth-order valence-electron chi connectivity index (χ4n) is 4.38. The summed E-state index contributed by atoms with van der Waals surface area (Å²) in [5.41, 5.74) is 0.482. The van der Waals surface area contributed by atoms with Crippen LogP contribution in [0.25, 0.3) is 11.2 Å². The summed E-state index contributed by atoms with van der Waals surface area (Å²) < 4.78 is 47.9. The monoisotopic (exact) mass is 530 g/mol. The lowest BCUT2D eigenvalue weighted by atomic mass is 10.0. The largest absolute Gasteiger partial charge is 0.490 e. The standard InChI is InChI=1S/C14H21N4O12P3/c1-15-8-2-3-16-13-9(8)17-6-18(13)10-7-4-14(7,12(20)11(10)19)5-28-32(24,25)30-33(26,27)29-31(21,22)23/h2-3,6-7,10-12,19-20H,4-5H2,1H3,(H,15,16)(H,24,25)(H,26,27)(H2,21,22,23)/t7-,10-,11+,12+,14+/m1/s1. The predicted molar refractivity (Wildman–Crippen MR) is 108 cm³/mol. The predicted octanol–water partition coefficient (Wildman–Crippen LogP) is 0.0991. The van der Waals surface area contributed by atoms with Gasteiger partial charge in [-0.2, -0.15) is 8.62 Å². The van der Waals surface area contributed by atoms with E-state index < -0.39 is 59.7 Å². The zero-order chi connectivity index (χ0) is 24.4. The van der Waals surface area contributed by atoms with E-state index in [-0.39, 0.29) is 6.42 Å². The third kappa shape index (κ3) is 4.67. The normalized spacial score (nSPS) is 32.8. The van der Waals surface area contributed by atoms with Gasteiger partial charge >= 0.3 is 23.5 Å². The third-order valence-electron chi connectivity index (χ3n) is 5.82. The van der Waals surface area contributed by atoms with Crippen LogP contribution in [0.15, 0.2) is 18.6 Å². The van der Waals surface area contributed by atoms with Gasteiger partial charge in [-0.3, -0.25) is 4.52 Å². The molecule has 4 rings (SSSR count). The first-order valence-corrected chi connectivity index (χ1v) is 13.9. The average Bonchev–Trinajstić information content (AvgIpc) is 3.17. The maximum Gasteiger partial charge on any atom is 0.490 e. The molecular weight excluding hydrogens is 509 g/mol. The topological polar surface area (TPSA) is 243 Å². The molecule has 19 heteroatoms. The number of pyridine rings is 1. The molecule has 2 heterocycles. The van der Waals surface area contributed by atoms with Gasteiger partial charge in [-0.25, -0.2) is 23.7 Å². The lowest BCUT2D eigenvalue weighted by Gasteiger charge is -2.24. The van der Waals surface area contributed by atoms with Crippen molar-refractivity contribution in [3.05, 3.63) is 18.6 Å². The Labute approximate surface area is 185 Å². The molecule has 184 valence electrons. The van der Waals surface area contributed by atoms with E-state index >= 15 is 0 Å². The molecule has 0 aromatic carbocycles. The number of aliphatic hydroxyl groups excluding tert-OH is 2. The van der Waals surface area contributed by atoms with Gasteiger partial charge in [-0.05, 0) is 18.4 Å². The Morgan fingerprint density at radius 3 is 2.48 bits per heavy atom. The van der Waals surface area contributed by atoms with Crippen molar-refractivity contribution in [2.75, 3.05) is 19.0 Å². The van der Waals surface area contributed by atoms with Crippen LogP contribution in [-0.2, 0) is 26.8 Å². The van der Waals surface area contributed by atoms with Crippen LogP contribution in [0.1, 0.15) is 12.5 Å². The van der Waals surface area contributed by atoms with Crippen LogP contribution >= 0.6 is 23.5 Å². The van der Waals surface area contributed by atoms with E-state index in [0.29, 0.717) is 16.9 Å². The number of imidazole rings is 1. The molecule has 16 nitrogen and oxygen atoms in total. The molecule has 2 fully saturated rings. The Morgan fingerprint density at radius 1 is 1.15 bits per heavy atom. The minimum Gasteiger partial charge on any atom is -0.390 e. The molecule has 0 radical (unpaired) electrons. The number of phosphoric ester groups is 1. The minimum absolute atomic E-state index is 0.261. The number of anilines is 1. The van der Waals surface area contributed by atoms with Gasteiger partial charge < -0.3 is 39.7 Å². The molecule has 2 aliphatic carbocycles. The highest BCUT2D eigenvalue weighted by Gasteiger charge is 2.72. The van der Waals surface area contributed by atoms with Crippen LogP contribution in [0.5, 0.6) is 0 Å². The molecule has 2 saturated carbocycles. The number of nitrogens with one attached hydrogen (secondary N) is 1. The molecule has 7 N–H and O–H groups in total. The van der Waals surface area contributed by atoms with Crippen LogP contribution in [-0.4, -0.2) is 70.2 Å². The van der Waals surface area contributed by atoms with E-state index in [0.717, 1.165) is 0 Å². The second kappa shape index (κ2) is 8.16. The fraction of sp³-hybridized carbons (Fsp3) is 0.571. The second-order valence-electron chi connectivity index (χ2n) is 7.77. The Morgan fingerprint density at radius 2 is 1.85 bits per heavy atom. The quantitative estimate of drug-likeness (QED) is 0.213. The number of hydrogen-bond donors (Lipinski definition) is 7. The molecule has 0 spiro atoms. The van der Waals surface area contributed by atoms with Crippen molar-refractivity contribution in [2.45, 2.75) is 24.7 Å². The Hall–Kier alpha value is -1.25. The zero-order valence-corrected chi connectivity index (χ0v) is 19.5. The highest BCUT2D eigenvalue weighted by Crippen LogP contribution is 2.71. The fourth-order valence-corrected chi connectivity index (χ4v) is 7.48. The van der Waals surface area contributed by atoms with Gasteiger partial charge in [0.15, 0.2) is 5.65 Å². The van der Waals surface area contributed by atoms with Crippen molar-refractivity contribution in [3.8, 4) is 0 Å². The summed E-state index contributed by atoms with van der Waals surface area (Å²) in [6.45, 7) is -0.669. The Bertz CT molecular complexity index is 1220. The van der Waals surface area contributed by atoms with E-state index in [1.807, 2.05) is 0 Å². The molecule has 2 aromatic rings. The highest BCUT2D eigenvalue weighted by atomic mass is 31.3. The number of nitrogens with zero attached hydrogens (tertiary/aromatic N) is 3. The van der Waals surface area contributed by atoms with Crippen LogP contribution in [0.2, 0.25) is 0 Å². The van der Waals surface area contributed by atoms with Crippen molar-refractivity contribution in [1.82, 2.24) is 14.5 Å². The number of fused-ring (bicyclic) bond motifs is 2. The van der Waals surface area contributed by atoms with E-state index in [1.54, 1.807) is 23.9 Å². The maximum absolute atomic E-state index is 12.0. The molecule has 7 atom stereocenters. The third-order valence-corrected chi connectivity index (χ3v) is 9.60. The molecule has 0 saturated heterocycles. The number of aliphatic hydroxyl groups is 2. The van der Waals surface area contributed by atoms with Crippen LogP contribution in [0.3, 0.4) is 0 Å². The van der Waals surface area contributed by atoms with Gasteiger partial charge in [0.2, 0.25) is 0 Å². The molecule has 2 unspecified atom stereocenters. The molecular formula is C14H21N4O12P3. The summed E-state index contributed by atoms with van der Waals surface area (Å²) in [5, 5.41) is 24.3. The van der Waals surface area contributed by atoms with Crippen molar-refractivity contribution in [2.24, 2.45) is 11.3 Å². The lowest BCUT2D eigenvalue weighted by Crippen LogP contribution is -2.35. The number of rotatable bonds is 9. The first-order valence-electron chi connectivity index (χ1n) is 9.33. The van der Waals surface area contributed by atoms with Gasteiger partial charge in [0.05, 0.1) is 30.8 Å². The number of phosphoric acid groups is 3. The van der Waals surface area contributed by atoms with E-state index in [1.165, 1.54) is 6.33 Å². The van der Waals surface area contributed by atoms with Crippen LogP contribution < -0.4 is 5.32 Å². The summed E-state index contributed by atoms with van der Waals surface area (Å²) >= 11 is 0. The summed E-state index contributed by atoms with van der Waals surface area (Å²) in [7, 11) is -14.8. The van der Waals surface area contributed by atoms with Crippen LogP contribution in [0.4, 0.5) is 5.69 Å². The van der Waals surface area contributed by atoms with Crippen molar-refractivity contribution >= 4 is 40.3 Å². The van der Waals surface area contributed by atoms with Gasteiger partial charge in [-0.1, -0.05) is 0 Å². The summed E-state index contributed by atoms with van der Waals surface area (Å²) in [5.74, 6) is -0.438. The molecule has 2 aliphatic rings. The summed E-state index contributed by atoms with van der Waals surface area (Å²) in [6, 6.07) is 1.01. The zero-order valence-electron chi connectivity index (χ0n) is 16.8. The van der Waals surface area contributed by atoms with E-state index in [4.69, 9.17) is 14.3 Å². The van der Waals surface area contributed by atoms with E-state index in [2.05, 4.69) is 23.9 Å². The molecule has 0 amide bonds. The Balaban J connectivity index is 1.51. The smallest absolute Gasteiger partial charge is 0.390 e. The van der Waals surface area contributed by atoms with Gasteiger partial charge in [0, 0.05) is 18.7 Å². The van der Waals surface area contributed by atoms with Crippen molar-refractivity contribution < 1.29 is 56.6 Å². The first-order chi connectivity index (χ1) is 15.2. The minimum atomic E-state index is -5.66. The summed E-state index contributed by atoms with van der Waals surface area (Å²) in [6.07, 6.45) is 0.544. The second-order valence-corrected chi connectivity index (χ2v) is 12.2. The van der Waals surface area contributed by atoms with E-state index in [9.17, 15) is 33.7 Å². The molecule has 0 bridgehead atoms. The maximum atomic E-state index is 12.0. The van der Waals surface area contributed by atoms with Gasteiger partial charge in [0.25, 0.3) is 0 Å². The average molecular weight is 530 g/mol. The SMILES string of the molecule is CNc1ccnc2c1ncn2[C@H]1[C@H](O)[C@H](O)[C@]2(COP(=O)(O)OP(=O)(O)OP(=O)(O)O)C[C@H]12. The summed E-state index contributed by atoms with van der Waals surface area (Å²) in [4.78, 5) is 44.7. The van der Waals surface area contributed by atoms with Gasteiger partial charge in [-0.15, -0.1) is 0 Å². The highest BCUT2D eigenvalue weighted by molar-refractivity contribution is 7.66. The number of aromatic nitrogens is 3. The first kappa shape index (κ1) is 24.9. The molecule has 2 aromatic heterocycles. The number of hydrogen-bond acceptors (Lipinski definition) is 11. The lowest BCUT2D eigenvalue weighted by molar-refractivity contribution is -0.0297. The van der Waals surface area contributed by atoms with Crippen molar-refractivity contribution in [1.29, 1.82) is 0 Å². The van der Waals surface area contributed by atoms with Crippen LogP contribution in [0, 0.1) is 11.3 Å². The van der Waals surface area contributed by atoms with Crippen molar-refractivity contribution in [3.63, 3.8) is 0 Å². The molecule has 33 heavy (non-hydrogen) atoms.